The average molecular weight is 387 g/mol. The van der Waals surface area contributed by atoms with E-state index in [-0.39, 0.29) is 18.0 Å². The molecule has 1 aromatic carbocycles. The van der Waals surface area contributed by atoms with E-state index in [0.717, 1.165) is 5.69 Å². The molecule has 0 saturated carbocycles. The van der Waals surface area contributed by atoms with Gasteiger partial charge in [0, 0.05) is 54.8 Å². The lowest BCUT2D eigenvalue weighted by molar-refractivity contribution is -0.132. The summed E-state index contributed by atoms with van der Waals surface area (Å²) in [5.74, 6) is -1.72. The van der Waals surface area contributed by atoms with E-state index in [1.165, 1.54) is 18.5 Å². The van der Waals surface area contributed by atoms with E-state index >= 15 is 0 Å². The zero-order chi connectivity index (χ0) is 19.2. The van der Waals surface area contributed by atoms with E-state index in [4.69, 9.17) is 11.6 Å². The van der Waals surface area contributed by atoms with Crippen LogP contribution in [0.15, 0.2) is 48.8 Å². The summed E-state index contributed by atoms with van der Waals surface area (Å²) in [6, 6.07) is 10.7. The molecule has 0 bridgehead atoms. The van der Waals surface area contributed by atoms with Gasteiger partial charge < -0.3 is 15.1 Å². The molecule has 1 aromatic heterocycles. The second-order valence-electron chi connectivity index (χ2n) is 6.10. The van der Waals surface area contributed by atoms with Crippen LogP contribution in [0.3, 0.4) is 0 Å². The number of hydrogen-bond acceptors (Lipinski definition) is 5. The van der Waals surface area contributed by atoms with Gasteiger partial charge in [-0.1, -0.05) is 11.6 Å². The number of carbonyl (C=O) groups is 3. The van der Waals surface area contributed by atoms with Crippen molar-refractivity contribution in [1.82, 2.24) is 15.2 Å². The molecule has 0 aliphatic carbocycles. The Bertz CT molecular complexity index is 819. The molecule has 8 heteroatoms. The van der Waals surface area contributed by atoms with Crippen LogP contribution in [-0.4, -0.2) is 60.2 Å². The van der Waals surface area contributed by atoms with Crippen molar-refractivity contribution in [3.63, 3.8) is 0 Å². The summed E-state index contributed by atoms with van der Waals surface area (Å²) in [5.41, 5.74) is 1.25. The molecule has 3 rings (SSSR count). The third kappa shape index (κ3) is 4.83. The summed E-state index contributed by atoms with van der Waals surface area (Å²) in [5, 5.41) is 3.08. The lowest BCUT2D eigenvalue weighted by atomic mass is 10.2. The first kappa shape index (κ1) is 18.8. The molecule has 2 amide bonds. The fourth-order valence-electron chi connectivity index (χ4n) is 2.84. The molecule has 1 saturated heterocycles. The standard InChI is InChI=1S/C19H19ClN4O3/c20-15-3-5-16(6-4-15)23-8-10-24(11-9-23)17(25)13-22-19(27)18(26)14-2-1-7-21-12-14/h1-7,12H,8-11,13H2,(H,22,27). The fraction of sp³-hybridized carbons (Fsp3) is 0.263. The number of aromatic nitrogens is 1. The van der Waals surface area contributed by atoms with Crippen LogP contribution in [0.4, 0.5) is 5.69 Å². The van der Waals surface area contributed by atoms with Crippen LogP contribution in [0.25, 0.3) is 0 Å². The lowest BCUT2D eigenvalue weighted by Gasteiger charge is -2.36. The van der Waals surface area contributed by atoms with Gasteiger partial charge in [-0.3, -0.25) is 19.4 Å². The minimum absolute atomic E-state index is 0.194. The number of pyridine rings is 1. The number of nitrogens with one attached hydrogen (secondary N) is 1. The van der Waals surface area contributed by atoms with E-state index in [1.54, 1.807) is 11.0 Å². The van der Waals surface area contributed by atoms with Crippen molar-refractivity contribution in [2.75, 3.05) is 37.6 Å². The van der Waals surface area contributed by atoms with Crippen LogP contribution < -0.4 is 10.2 Å². The maximum absolute atomic E-state index is 12.3. The highest BCUT2D eigenvalue weighted by atomic mass is 35.5. The Morgan fingerprint density at radius 2 is 1.74 bits per heavy atom. The number of piperazine rings is 1. The molecule has 0 radical (unpaired) electrons. The molecular weight excluding hydrogens is 368 g/mol. The smallest absolute Gasteiger partial charge is 0.292 e. The number of Topliss-reactive ketones (excluding diaryl/α,β-unsaturated/α-hetero) is 1. The molecule has 1 aliphatic heterocycles. The average Bonchev–Trinajstić information content (AvgIpc) is 2.72. The number of benzene rings is 1. The number of nitrogens with zero attached hydrogens (tertiary/aromatic N) is 3. The molecule has 2 heterocycles. The number of rotatable bonds is 5. The molecule has 2 aromatic rings. The summed E-state index contributed by atoms with van der Waals surface area (Å²) < 4.78 is 0. The van der Waals surface area contributed by atoms with Gasteiger partial charge in [-0.2, -0.15) is 0 Å². The monoisotopic (exact) mass is 386 g/mol. The van der Waals surface area contributed by atoms with Crippen molar-refractivity contribution >= 4 is 34.9 Å². The van der Waals surface area contributed by atoms with Crippen LogP contribution in [-0.2, 0) is 9.59 Å². The number of amides is 2. The number of hydrogen-bond donors (Lipinski definition) is 1. The van der Waals surface area contributed by atoms with E-state index < -0.39 is 11.7 Å². The van der Waals surface area contributed by atoms with Crippen LogP contribution in [0.5, 0.6) is 0 Å². The highest BCUT2D eigenvalue weighted by Crippen LogP contribution is 2.19. The first-order chi connectivity index (χ1) is 13.0. The summed E-state index contributed by atoms with van der Waals surface area (Å²) in [7, 11) is 0. The van der Waals surface area contributed by atoms with Gasteiger partial charge >= 0.3 is 0 Å². The molecule has 7 nitrogen and oxygen atoms in total. The zero-order valence-electron chi connectivity index (χ0n) is 14.6. The third-order valence-corrected chi connectivity index (χ3v) is 4.61. The van der Waals surface area contributed by atoms with Gasteiger partial charge in [0.05, 0.1) is 6.54 Å². The Balaban J connectivity index is 1.46. The highest BCUT2D eigenvalue weighted by molar-refractivity contribution is 6.42. The number of anilines is 1. The molecule has 1 aliphatic rings. The van der Waals surface area contributed by atoms with Gasteiger partial charge in [-0.05, 0) is 36.4 Å². The van der Waals surface area contributed by atoms with Gasteiger partial charge in [0.2, 0.25) is 5.91 Å². The molecular formula is C19H19ClN4O3. The van der Waals surface area contributed by atoms with E-state index in [9.17, 15) is 14.4 Å². The fourth-order valence-corrected chi connectivity index (χ4v) is 2.97. The van der Waals surface area contributed by atoms with E-state index in [1.807, 2.05) is 24.3 Å². The maximum Gasteiger partial charge on any atom is 0.292 e. The second-order valence-corrected chi connectivity index (χ2v) is 6.53. The molecule has 0 spiro atoms. The van der Waals surface area contributed by atoms with Gasteiger partial charge in [-0.15, -0.1) is 0 Å². The first-order valence-electron chi connectivity index (χ1n) is 8.55. The normalized spacial score (nSPS) is 14.0. The largest absolute Gasteiger partial charge is 0.368 e. The summed E-state index contributed by atoms with van der Waals surface area (Å²) in [6.45, 7) is 2.28. The van der Waals surface area contributed by atoms with Crippen molar-refractivity contribution < 1.29 is 14.4 Å². The van der Waals surface area contributed by atoms with Gasteiger partial charge in [0.1, 0.15) is 0 Å². The van der Waals surface area contributed by atoms with Gasteiger partial charge in [-0.25, -0.2) is 0 Å². The minimum atomic E-state index is -0.809. The summed E-state index contributed by atoms with van der Waals surface area (Å²) in [6.07, 6.45) is 2.83. The quantitative estimate of drug-likeness (QED) is 0.620. The lowest BCUT2D eigenvalue weighted by Crippen LogP contribution is -2.51. The van der Waals surface area contributed by atoms with E-state index in [2.05, 4.69) is 15.2 Å². The first-order valence-corrected chi connectivity index (χ1v) is 8.93. The predicted octanol–water partition coefficient (Wildman–Crippen LogP) is 1.38. The second kappa shape index (κ2) is 8.64. The van der Waals surface area contributed by atoms with Crippen molar-refractivity contribution in [3.05, 3.63) is 59.4 Å². The van der Waals surface area contributed by atoms with Crippen LogP contribution >= 0.6 is 11.6 Å². The van der Waals surface area contributed by atoms with Crippen LogP contribution in [0.2, 0.25) is 5.02 Å². The SMILES string of the molecule is O=C(NCC(=O)N1CCN(c2ccc(Cl)cc2)CC1)C(=O)c1cccnc1. The predicted molar refractivity (Wildman–Crippen MR) is 102 cm³/mol. The minimum Gasteiger partial charge on any atom is -0.368 e. The van der Waals surface area contributed by atoms with Crippen molar-refractivity contribution in [2.45, 2.75) is 0 Å². The van der Waals surface area contributed by atoms with Crippen molar-refractivity contribution in [2.24, 2.45) is 0 Å². The topological polar surface area (TPSA) is 82.6 Å². The molecule has 140 valence electrons. The molecule has 1 fully saturated rings. The van der Waals surface area contributed by atoms with Gasteiger partial charge in [0.15, 0.2) is 0 Å². The third-order valence-electron chi connectivity index (χ3n) is 4.35. The summed E-state index contributed by atoms with van der Waals surface area (Å²) >= 11 is 5.90. The van der Waals surface area contributed by atoms with Crippen LogP contribution in [0, 0.1) is 0 Å². The van der Waals surface area contributed by atoms with Crippen molar-refractivity contribution in [3.8, 4) is 0 Å². The molecule has 1 N–H and O–H groups in total. The number of ketones is 1. The molecule has 0 atom stereocenters. The molecule has 0 unspecified atom stereocenters. The van der Waals surface area contributed by atoms with E-state index in [0.29, 0.717) is 31.2 Å². The van der Waals surface area contributed by atoms with Crippen LogP contribution in [0.1, 0.15) is 10.4 Å². The zero-order valence-corrected chi connectivity index (χ0v) is 15.4. The Hall–Kier alpha value is -2.93. The highest BCUT2D eigenvalue weighted by Gasteiger charge is 2.23. The number of carbonyl (C=O) groups excluding carboxylic acids is 3. The molecule has 27 heavy (non-hydrogen) atoms. The Morgan fingerprint density at radius 3 is 2.37 bits per heavy atom. The number of halogens is 1. The summed E-state index contributed by atoms with van der Waals surface area (Å²) in [4.78, 5) is 43.8. The van der Waals surface area contributed by atoms with Gasteiger partial charge in [0.25, 0.3) is 11.7 Å². The van der Waals surface area contributed by atoms with Crippen molar-refractivity contribution in [1.29, 1.82) is 0 Å². The Labute approximate surface area is 161 Å². The maximum atomic E-state index is 12.3. The Kier molecular flexibility index (Phi) is 6.03. The Morgan fingerprint density at radius 1 is 1.04 bits per heavy atom.